The van der Waals surface area contributed by atoms with Gasteiger partial charge in [-0.05, 0) is 50.0 Å². The predicted octanol–water partition coefficient (Wildman–Crippen LogP) is 1.80. The number of nitrogens with two attached hydrogens (primary N) is 2. The SMILES string of the molecule is CCC(N)C(c1cccc(F)c1)N1CCC(C(N)=O)CC1. The molecule has 21 heavy (non-hydrogen) atoms. The van der Waals surface area contributed by atoms with Crippen LogP contribution in [0.3, 0.4) is 0 Å². The van der Waals surface area contributed by atoms with Gasteiger partial charge in [0.15, 0.2) is 0 Å². The Morgan fingerprint density at radius 3 is 2.62 bits per heavy atom. The second-order valence-electron chi connectivity index (χ2n) is 5.78. The number of benzene rings is 1. The maximum atomic E-state index is 13.5. The second-order valence-corrected chi connectivity index (χ2v) is 5.78. The molecule has 4 nitrogen and oxygen atoms in total. The fourth-order valence-corrected chi connectivity index (χ4v) is 3.10. The molecular formula is C16H24FN3O. The maximum Gasteiger partial charge on any atom is 0.220 e. The lowest BCUT2D eigenvalue weighted by Gasteiger charge is -2.39. The molecular weight excluding hydrogens is 269 g/mol. The molecule has 2 unspecified atom stereocenters. The number of primary amides is 1. The quantitative estimate of drug-likeness (QED) is 0.869. The van der Waals surface area contributed by atoms with Crippen LogP contribution < -0.4 is 11.5 Å². The molecule has 5 heteroatoms. The first kappa shape index (κ1) is 15.9. The average Bonchev–Trinajstić information content (AvgIpc) is 2.48. The largest absolute Gasteiger partial charge is 0.369 e. The molecule has 2 atom stereocenters. The van der Waals surface area contributed by atoms with Crippen molar-refractivity contribution in [1.82, 2.24) is 4.90 Å². The summed E-state index contributed by atoms with van der Waals surface area (Å²) in [6.07, 6.45) is 2.31. The Labute approximate surface area is 125 Å². The fourth-order valence-electron chi connectivity index (χ4n) is 3.10. The van der Waals surface area contributed by atoms with Gasteiger partial charge in [0.25, 0.3) is 0 Å². The third kappa shape index (κ3) is 3.80. The van der Waals surface area contributed by atoms with Gasteiger partial charge < -0.3 is 11.5 Å². The Kier molecular flexibility index (Phi) is 5.31. The lowest BCUT2D eigenvalue weighted by molar-refractivity contribution is -0.123. The number of rotatable bonds is 5. The van der Waals surface area contributed by atoms with Crippen LogP contribution in [-0.4, -0.2) is 29.9 Å². The summed E-state index contributed by atoms with van der Waals surface area (Å²) >= 11 is 0. The van der Waals surface area contributed by atoms with Crippen molar-refractivity contribution in [1.29, 1.82) is 0 Å². The fraction of sp³-hybridized carbons (Fsp3) is 0.562. The third-order valence-corrected chi connectivity index (χ3v) is 4.39. The van der Waals surface area contributed by atoms with Gasteiger partial charge >= 0.3 is 0 Å². The number of nitrogens with zero attached hydrogens (tertiary/aromatic N) is 1. The van der Waals surface area contributed by atoms with E-state index in [9.17, 15) is 9.18 Å². The van der Waals surface area contributed by atoms with E-state index in [4.69, 9.17) is 11.5 Å². The minimum Gasteiger partial charge on any atom is -0.369 e. The molecule has 0 aromatic heterocycles. The van der Waals surface area contributed by atoms with E-state index in [1.807, 2.05) is 13.0 Å². The van der Waals surface area contributed by atoms with Gasteiger partial charge in [-0.3, -0.25) is 9.69 Å². The van der Waals surface area contributed by atoms with Crippen molar-refractivity contribution in [2.75, 3.05) is 13.1 Å². The van der Waals surface area contributed by atoms with Gasteiger partial charge in [0.05, 0.1) is 0 Å². The third-order valence-electron chi connectivity index (χ3n) is 4.39. The Morgan fingerprint density at radius 2 is 2.10 bits per heavy atom. The molecule has 0 radical (unpaired) electrons. The monoisotopic (exact) mass is 293 g/mol. The molecule has 0 saturated carbocycles. The van der Waals surface area contributed by atoms with E-state index in [0.717, 1.165) is 37.9 Å². The van der Waals surface area contributed by atoms with Crippen LogP contribution in [0.15, 0.2) is 24.3 Å². The molecule has 1 aliphatic heterocycles. The molecule has 1 saturated heterocycles. The van der Waals surface area contributed by atoms with E-state index in [0.29, 0.717) is 0 Å². The van der Waals surface area contributed by atoms with Crippen molar-refractivity contribution < 1.29 is 9.18 Å². The summed E-state index contributed by atoms with van der Waals surface area (Å²) in [6.45, 7) is 3.57. The van der Waals surface area contributed by atoms with Gasteiger partial charge in [-0.15, -0.1) is 0 Å². The van der Waals surface area contributed by atoms with Crippen LogP contribution in [0.25, 0.3) is 0 Å². The van der Waals surface area contributed by atoms with Gasteiger partial charge in [-0.2, -0.15) is 0 Å². The van der Waals surface area contributed by atoms with Crippen molar-refractivity contribution in [3.63, 3.8) is 0 Å². The Bertz CT molecular complexity index is 486. The number of hydrogen-bond acceptors (Lipinski definition) is 3. The number of carbonyl (C=O) groups excluding carboxylic acids is 1. The molecule has 1 aromatic carbocycles. The number of amides is 1. The lowest BCUT2D eigenvalue weighted by atomic mass is 9.90. The summed E-state index contributed by atoms with van der Waals surface area (Å²) in [5, 5.41) is 0. The molecule has 0 aliphatic carbocycles. The highest BCUT2D eigenvalue weighted by atomic mass is 19.1. The van der Waals surface area contributed by atoms with Gasteiger partial charge in [-0.25, -0.2) is 4.39 Å². The average molecular weight is 293 g/mol. The molecule has 1 amide bonds. The number of piperidine rings is 1. The van der Waals surface area contributed by atoms with E-state index in [2.05, 4.69) is 4.90 Å². The van der Waals surface area contributed by atoms with E-state index in [1.165, 1.54) is 6.07 Å². The summed E-state index contributed by atoms with van der Waals surface area (Å²) in [6, 6.07) is 6.56. The van der Waals surface area contributed by atoms with Crippen LogP contribution in [0.1, 0.15) is 37.8 Å². The van der Waals surface area contributed by atoms with Gasteiger partial charge in [0.1, 0.15) is 5.82 Å². The predicted molar refractivity (Wildman–Crippen MR) is 80.9 cm³/mol. The summed E-state index contributed by atoms with van der Waals surface area (Å²) < 4.78 is 13.5. The molecule has 1 aromatic rings. The van der Waals surface area contributed by atoms with Crippen LogP contribution in [0.2, 0.25) is 0 Å². The number of carbonyl (C=O) groups is 1. The summed E-state index contributed by atoms with van der Waals surface area (Å²) in [4.78, 5) is 13.5. The van der Waals surface area contributed by atoms with Crippen LogP contribution in [-0.2, 0) is 4.79 Å². The standard InChI is InChI=1S/C16H24FN3O/c1-2-14(18)15(12-4-3-5-13(17)10-12)20-8-6-11(7-9-20)16(19)21/h3-5,10-11,14-15H,2,6-9,18H2,1H3,(H2,19,21). The van der Waals surface area contributed by atoms with Crippen LogP contribution >= 0.6 is 0 Å². The molecule has 1 heterocycles. The first-order valence-electron chi connectivity index (χ1n) is 7.57. The first-order valence-corrected chi connectivity index (χ1v) is 7.57. The summed E-state index contributed by atoms with van der Waals surface area (Å²) in [5.74, 6) is -0.517. The normalized spacial score (nSPS) is 20.1. The topological polar surface area (TPSA) is 72.3 Å². The van der Waals surface area contributed by atoms with E-state index < -0.39 is 0 Å². The van der Waals surface area contributed by atoms with Gasteiger partial charge in [0, 0.05) is 18.0 Å². The van der Waals surface area contributed by atoms with Crippen LogP contribution in [0.4, 0.5) is 4.39 Å². The second kappa shape index (κ2) is 7.00. The van der Waals surface area contributed by atoms with Crippen molar-refractivity contribution in [3.8, 4) is 0 Å². The highest BCUT2D eigenvalue weighted by Gasteiger charge is 2.31. The minimum absolute atomic E-state index is 0.0143. The zero-order chi connectivity index (χ0) is 15.4. The van der Waals surface area contributed by atoms with Crippen molar-refractivity contribution in [2.45, 2.75) is 38.3 Å². The van der Waals surface area contributed by atoms with Crippen molar-refractivity contribution >= 4 is 5.91 Å². The zero-order valence-electron chi connectivity index (χ0n) is 12.5. The molecule has 0 bridgehead atoms. The highest BCUT2D eigenvalue weighted by molar-refractivity contribution is 5.76. The Hall–Kier alpha value is -1.46. The molecule has 1 fully saturated rings. The molecule has 4 N–H and O–H groups in total. The van der Waals surface area contributed by atoms with Gasteiger partial charge in [-0.1, -0.05) is 19.1 Å². The van der Waals surface area contributed by atoms with E-state index in [-0.39, 0.29) is 29.7 Å². The Balaban J connectivity index is 2.16. The van der Waals surface area contributed by atoms with E-state index in [1.54, 1.807) is 12.1 Å². The molecule has 116 valence electrons. The maximum absolute atomic E-state index is 13.5. The highest BCUT2D eigenvalue weighted by Crippen LogP contribution is 2.30. The van der Waals surface area contributed by atoms with Crippen LogP contribution in [0, 0.1) is 11.7 Å². The molecule has 0 spiro atoms. The van der Waals surface area contributed by atoms with Crippen molar-refractivity contribution in [3.05, 3.63) is 35.6 Å². The number of likely N-dealkylation sites (tertiary alicyclic amines) is 1. The Morgan fingerprint density at radius 1 is 1.43 bits per heavy atom. The van der Waals surface area contributed by atoms with Crippen molar-refractivity contribution in [2.24, 2.45) is 17.4 Å². The number of halogens is 1. The smallest absolute Gasteiger partial charge is 0.220 e. The minimum atomic E-state index is -0.243. The van der Waals surface area contributed by atoms with E-state index >= 15 is 0 Å². The molecule has 1 aliphatic rings. The lowest BCUT2D eigenvalue weighted by Crippen LogP contribution is -2.46. The molecule has 2 rings (SSSR count). The summed E-state index contributed by atoms with van der Waals surface area (Å²) in [5.41, 5.74) is 12.5. The summed E-state index contributed by atoms with van der Waals surface area (Å²) in [7, 11) is 0. The number of hydrogen-bond donors (Lipinski definition) is 2. The zero-order valence-corrected chi connectivity index (χ0v) is 12.5. The van der Waals surface area contributed by atoms with Crippen LogP contribution in [0.5, 0.6) is 0 Å². The first-order chi connectivity index (χ1) is 10.0. The van der Waals surface area contributed by atoms with Gasteiger partial charge in [0.2, 0.25) is 5.91 Å².